The molecule has 1 aliphatic heterocycles. The van der Waals surface area contributed by atoms with Gasteiger partial charge in [-0.25, -0.2) is 0 Å². The molecule has 0 amide bonds. The minimum Gasteiger partial charge on any atom is -0.378 e. The Morgan fingerprint density at radius 3 is 2.75 bits per heavy atom. The molecule has 5 nitrogen and oxygen atoms in total. The van der Waals surface area contributed by atoms with E-state index in [2.05, 4.69) is 20.8 Å². The van der Waals surface area contributed by atoms with Crippen LogP contribution in [0.5, 0.6) is 0 Å². The zero-order valence-corrected chi connectivity index (χ0v) is 13.1. The van der Waals surface area contributed by atoms with E-state index in [1.165, 1.54) is 6.07 Å². The van der Waals surface area contributed by atoms with E-state index in [1.54, 1.807) is 6.07 Å². The summed E-state index contributed by atoms with van der Waals surface area (Å²) in [5.41, 5.74) is 1.10. The molecule has 1 aromatic rings. The summed E-state index contributed by atoms with van der Waals surface area (Å²) in [6, 6.07) is 5.20. The Labute approximate surface area is 127 Å². The van der Waals surface area contributed by atoms with Crippen LogP contribution in [-0.4, -0.2) is 35.6 Å². The number of nitro groups is 1. The third-order valence-corrected chi connectivity index (χ3v) is 4.50. The SMILES string of the molecule is CCOC1CCN(Cc2cccc([N+](=O)[O-])c2Br)CC1. The number of rotatable bonds is 5. The van der Waals surface area contributed by atoms with Crippen LogP contribution in [-0.2, 0) is 11.3 Å². The average molecular weight is 343 g/mol. The number of likely N-dealkylation sites (tertiary alicyclic amines) is 1. The molecule has 6 heteroatoms. The van der Waals surface area contributed by atoms with Crippen LogP contribution in [0, 0.1) is 10.1 Å². The normalized spacial score (nSPS) is 17.3. The number of nitro benzene ring substituents is 1. The highest BCUT2D eigenvalue weighted by Crippen LogP contribution is 2.29. The molecular formula is C14H19BrN2O3. The smallest absolute Gasteiger partial charge is 0.283 e. The molecule has 110 valence electrons. The molecule has 0 unspecified atom stereocenters. The lowest BCUT2D eigenvalue weighted by molar-refractivity contribution is -0.385. The van der Waals surface area contributed by atoms with Crippen molar-refractivity contribution in [2.75, 3.05) is 19.7 Å². The number of hydrogen-bond acceptors (Lipinski definition) is 4. The topological polar surface area (TPSA) is 55.6 Å². The fraction of sp³-hybridized carbons (Fsp3) is 0.571. The Morgan fingerprint density at radius 2 is 2.15 bits per heavy atom. The van der Waals surface area contributed by atoms with Crippen LogP contribution < -0.4 is 0 Å². The van der Waals surface area contributed by atoms with Gasteiger partial charge in [0.15, 0.2) is 0 Å². The Hall–Kier alpha value is -0.980. The number of halogens is 1. The highest BCUT2D eigenvalue weighted by Gasteiger charge is 2.21. The molecule has 1 aliphatic rings. The molecule has 1 aromatic carbocycles. The molecular weight excluding hydrogens is 324 g/mol. The lowest BCUT2D eigenvalue weighted by atomic mass is 10.1. The van der Waals surface area contributed by atoms with Crippen LogP contribution in [0.25, 0.3) is 0 Å². The quantitative estimate of drug-likeness (QED) is 0.608. The van der Waals surface area contributed by atoms with Crippen molar-refractivity contribution in [2.24, 2.45) is 0 Å². The standard InChI is InChI=1S/C14H19BrN2O3/c1-2-20-12-6-8-16(9-7-12)10-11-4-3-5-13(14(11)15)17(18)19/h3-5,12H,2,6-10H2,1H3. The molecule has 0 aliphatic carbocycles. The van der Waals surface area contributed by atoms with Gasteiger partial charge in [-0.05, 0) is 41.3 Å². The highest BCUT2D eigenvalue weighted by atomic mass is 79.9. The summed E-state index contributed by atoms with van der Waals surface area (Å²) in [6.07, 6.45) is 2.42. The molecule has 0 radical (unpaired) electrons. The van der Waals surface area contributed by atoms with E-state index in [9.17, 15) is 10.1 Å². The molecule has 0 saturated carbocycles. The fourth-order valence-electron chi connectivity index (χ4n) is 2.54. The van der Waals surface area contributed by atoms with E-state index in [4.69, 9.17) is 4.74 Å². The third-order valence-electron chi connectivity index (χ3n) is 3.59. The van der Waals surface area contributed by atoms with Crippen molar-refractivity contribution in [3.05, 3.63) is 38.3 Å². The summed E-state index contributed by atoms with van der Waals surface area (Å²) in [6.45, 7) is 5.47. The van der Waals surface area contributed by atoms with E-state index >= 15 is 0 Å². The summed E-state index contributed by atoms with van der Waals surface area (Å²) in [7, 11) is 0. The largest absolute Gasteiger partial charge is 0.378 e. The Morgan fingerprint density at radius 1 is 1.45 bits per heavy atom. The summed E-state index contributed by atoms with van der Waals surface area (Å²) in [5, 5.41) is 10.9. The Bertz CT molecular complexity index is 473. The third kappa shape index (κ3) is 3.77. The van der Waals surface area contributed by atoms with Crippen LogP contribution in [0.3, 0.4) is 0 Å². The lowest BCUT2D eigenvalue weighted by Crippen LogP contribution is -2.36. The van der Waals surface area contributed by atoms with Crippen molar-refractivity contribution in [1.29, 1.82) is 0 Å². The molecule has 20 heavy (non-hydrogen) atoms. The molecule has 0 spiro atoms. The van der Waals surface area contributed by atoms with Gasteiger partial charge in [0.25, 0.3) is 5.69 Å². The molecule has 2 rings (SSSR count). The highest BCUT2D eigenvalue weighted by molar-refractivity contribution is 9.10. The second-order valence-corrected chi connectivity index (χ2v) is 5.73. The molecule has 0 aromatic heterocycles. The first kappa shape index (κ1) is 15.4. The minimum absolute atomic E-state index is 0.131. The van der Waals surface area contributed by atoms with Crippen LogP contribution in [0.4, 0.5) is 5.69 Å². The predicted molar refractivity (Wildman–Crippen MR) is 80.7 cm³/mol. The van der Waals surface area contributed by atoms with E-state index in [0.29, 0.717) is 10.6 Å². The van der Waals surface area contributed by atoms with Gasteiger partial charge in [0.1, 0.15) is 0 Å². The van der Waals surface area contributed by atoms with Crippen molar-refractivity contribution in [2.45, 2.75) is 32.4 Å². The number of benzene rings is 1. The van der Waals surface area contributed by atoms with Crippen molar-refractivity contribution >= 4 is 21.6 Å². The second-order valence-electron chi connectivity index (χ2n) is 4.94. The first-order valence-electron chi connectivity index (χ1n) is 6.87. The van der Waals surface area contributed by atoms with E-state index in [1.807, 2.05) is 13.0 Å². The van der Waals surface area contributed by atoms with E-state index in [-0.39, 0.29) is 10.6 Å². The second kappa shape index (κ2) is 7.15. The van der Waals surface area contributed by atoms with Crippen molar-refractivity contribution in [3.63, 3.8) is 0 Å². The minimum atomic E-state index is -0.352. The van der Waals surface area contributed by atoms with Crippen LogP contribution in [0.1, 0.15) is 25.3 Å². The number of ether oxygens (including phenoxy) is 1. The number of piperidine rings is 1. The number of nitrogens with zero attached hydrogens (tertiary/aromatic N) is 2. The van der Waals surface area contributed by atoms with Gasteiger partial charge in [0.2, 0.25) is 0 Å². The van der Waals surface area contributed by atoms with Gasteiger partial charge in [0.05, 0.1) is 15.5 Å². The average Bonchev–Trinajstić information content (AvgIpc) is 2.43. The van der Waals surface area contributed by atoms with E-state index in [0.717, 1.165) is 44.6 Å². The Kier molecular flexibility index (Phi) is 5.51. The van der Waals surface area contributed by atoms with E-state index < -0.39 is 0 Å². The molecule has 0 N–H and O–H groups in total. The summed E-state index contributed by atoms with van der Waals surface area (Å²) in [4.78, 5) is 12.9. The maximum Gasteiger partial charge on any atom is 0.283 e. The van der Waals surface area contributed by atoms with Crippen molar-refractivity contribution in [3.8, 4) is 0 Å². The monoisotopic (exact) mass is 342 g/mol. The summed E-state index contributed by atoms with van der Waals surface area (Å²) < 4.78 is 6.22. The zero-order valence-electron chi connectivity index (χ0n) is 11.5. The molecule has 0 bridgehead atoms. The maximum absolute atomic E-state index is 10.9. The summed E-state index contributed by atoms with van der Waals surface area (Å²) in [5.74, 6) is 0. The van der Waals surface area contributed by atoms with Gasteiger partial charge in [0, 0.05) is 32.3 Å². The first-order valence-corrected chi connectivity index (χ1v) is 7.66. The fourth-order valence-corrected chi connectivity index (χ4v) is 3.07. The van der Waals surface area contributed by atoms with Gasteiger partial charge >= 0.3 is 0 Å². The van der Waals surface area contributed by atoms with Gasteiger partial charge in [-0.1, -0.05) is 12.1 Å². The first-order chi connectivity index (χ1) is 9.61. The summed E-state index contributed by atoms with van der Waals surface area (Å²) >= 11 is 3.35. The van der Waals surface area contributed by atoms with Gasteiger partial charge < -0.3 is 4.74 Å². The molecule has 1 saturated heterocycles. The molecule has 1 heterocycles. The number of hydrogen-bond donors (Lipinski definition) is 0. The van der Waals surface area contributed by atoms with Gasteiger partial charge in [-0.2, -0.15) is 0 Å². The Balaban J connectivity index is 1.98. The lowest BCUT2D eigenvalue weighted by Gasteiger charge is -2.31. The van der Waals surface area contributed by atoms with Gasteiger partial charge in [-0.15, -0.1) is 0 Å². The van der Waals surface area contributed by atoms with Crippen molar-refractivity contribution < 1.29 is 9.66 Å². The predicted octanol–water partition coefficient (Wildman–Crippen LogP) is 3.36. The van der Waals surface area contributed by atoms with Crippen molar-refractivity contribution in [1.82, 2.24) is 4.90 Å². The van der Waals surface area contributed by atoms with Gasteiger partial charge in [-0.3, -0.25) is 15.0 Å². The zero-order chi connectivity index (χ0) is 14.5. The molecule has 0 atom stereocenters. The van der Waals surface area contributed by atoms with Crippen LogP contribution >= 0.6 is 15.9 Å². The maximum atomic E-state index is 10.9. The molecule has 1 fully saturated rings. The van der Waals surface area contributed by atoms with Crippen LogP contribution in [0.2, 0.25) is 0 Å². The van der Waals surface area contributed by atoms with Crippen LogP contribution in [0.15, 0.2) is 22.7 Å².